The van der Waals surface area contributed by atoms with Crippen molar-refractivity contribution in [3.05, 3.63) is 11.6 Å². The summed E-state index contributed by atoms with van der Waals surface area (Å²) in [5, 5.41) is 96.9. The maximum Gasteiger partial charge on any atom is 0.335 e. The van der Waals surface area contributed by atoms with Crippen LogP contribution in [0.2, 0.25) is 0 Å². The Morgan fingerprint density at radius 1 is 0.658 bits per heavy atom. The van der Waals surface area contributed by atoms with Crippen molar-refractivity contribution in [1.82, 2.24) is 0 Å². The molecule has 414 valence electrons. The van der Waals surface area contributed by atoms with Gasteiger partial charge in [0.05, 0.1) is 18.8 Å². The van der Waals surface area contributed by atoms with Crippen molar-refractivity contribution < 1.29 is 93.6 Å². The lowest BCUT2D eigenvalue weighted by atomic mass is 9.31. The Hall–Kier alpha value is -2.34. The van der Waals surface area contributed by atoms with E-state index in [9.17, 15) is 65.1 Å². The Labute approximate surface area is 428 Å². The van der Waals surface area contributed by atoms with Crippen molar-refractivity contribution in [2.24, 2.45) is 62.1 Å². The van der Waals surface area contributed by atoms with Crippen LogP contribution < -0.4 is 0 Å². The fourth-order valence-corrected chi connectivity index (χ4v) is 17.0. The molecule has 0 aromatic heterocycles. The molecule has 0 radical (unpaired) electrons. The van der Waals surface area contributed by atoms with Crippen LogP contribution in [0.1, 0.15) is 134 Å². The quantitative estimate of drug-likeness (QED) is 0.100. The molecular formula is C54H84O19. The molecule has 19 heteroatoms. The van der Waals surface area contributed by atoms with Gasteiger partial charge < -0.3 is 79.2 Å². The molecule has 3 aliphatic heterocycles. The lowest BCUT2D eigenvalue weighted by Crippen LogP contribution is -2.69. The predicted octanol–water partition coefficient (Wildman–Crippen LogP) is 2.35. The molecule has 0 aromatic rings. The van der Waals surface area contributed by atoms with E-state index < -0.39 is 139 Å². The van der Waals surface area contributed by atoms with Gasteiger partial charge in [-0.05, 0) is 124 Å². The van der Waals surface area contributed by atoms with Crippen molar-refractivity contribution in [2.45, 2.75) is 232 Å². The lowest BCUT2D eigenvalue weighted by molar-refractivity contribution is -0.395. The van der Waals surface area contributed by atoms with Crippen molar-refractivity contribution in [3.8, 4) is 0 Å². The molecule has 0 unspecified atom stereocenters. The molecule has 9 N–H and O–H groups in total. The van der Waals surface area contributed by atoms with E-state index in [0.717, 1.165) is 25.7 Å². The van der Waals surface area contributed by atoms with Crippen LogP contribution in [0, 0.1) is 62.1 Å². The van der Waals surface area contributed by atoms with Crippen LogP contribution in [-0.2, 0) is 47.6 Å². The molecule has 8 aliphatic rings. The highest BCUT2D eigenvalue weighted by Crippen LogP contribution is 2.78. The Morgan fingerprint density at radius 2 is 1.25 bits per heavy atom. The average Bonchev–Trinajstić information content (AvgIpc) is 3.29. The number of carbonyl (C=O) groups excluding carboxylic acids is 3. The van der Waals surface area contributed by atoms with E-state index in [0.29, 0.717) is 25.7 Å². The summed E-state index contributed by atoms with van der Waals surface area (Å²) in [6, 6.07) is 0. The van der Waals surface area contributed by atoms with Gasteiger partial charge in [-0.2, -0.15) is 0 Å². The average molecular weight is 1040 g/mol. The number of hydrogen-bond donors (Lipinski definition) is 9. The van der Waals surface area contributed by atoms with E-state index in [1.165, 1.54) is 12.5 Å². The van der Waals surface area contributed by atoms with Crippen molar-refractivity contribution in [1.29, 1.82) is 0 Å². The van der Waals surface area contributed by atoms with Crippen LogP contribution in [-0.4, -0.2) is 174 Å². The Bertz CT molecular complexity index is 2150. The first kappa shape index (κ1) is 56.9. The van der Waals surface area contributed by atoms with Crippen LogP contribution in [0.25, 0.3) is 0 Å². The van der Waals surface area contributed by atoms with Gasteiger partial charge in [-0.3, -0.25) is 9.59 Å². The number of carboxylic acids is 1. The van der Waals surface area contributed by atoms with Gasteiger partial charge in [0, 0.05) is 23.7 Å². The number of hydrogen-bond acceptors (Lipinski definition) is 18. The summed E-state index contributed by atoms with van der Waals surface area (Å²) in [6.45, 7) is 21.1. The van der Waals surface area contributed by atoms with Crippen LogP contribution in [0.3, 0.4) is 0 Å². The maximum atomic E-state index is 14.3. The fourth-order valence-electron chi connectivity index (χ4n) is 17.0. The Balaban J connectivity index is 1.14. The van der Waals surface area contributed by atoms with Gasteiger partial charge in [0.1, 0.15) is 78.4 Å². The highest BCUT2D eigenvalue weighted by molar-refractivity contribution is 5.87. The zero-order valence-corrected chi connectivity index (χ0v) is 44.4. The molecule has 19 nitrogen and oxygen atoms in total. The number of rotatable bonds is 12. The second-order valence-electron chi connectivity index (χ2n) is 25.8. The summed E-state index contributed by atoms with van der Waals surface area (Å²) in [4.78, 5) is 54.4. The largest absolute Gasteiger partial charge is 0.479 e. The molecule has 8 rings (SSSR count). The molecule has 3 heterocycles. The highest BCUT2D eigenvalue weighted by Gasteiger charge is 2.72. The van der Waals surface area contributed by atoms with Crippen LogP contribution in [0.4, 0.5) is 0 Å². The number of carbonyl (C=O) groups is 4. The number of Topliss-reactive ketones (excluding diaryl/α,β-unsaturated/α-hetero) is 3. The molecule has 73 heavy (non-hydrogen) atoms. The molecule has 4 saturated carbocycles. The number of aliphatic hydroxyl groups is 8. The molecule has 7 fully saturated rings. The number of aliphatic hydroxyl groups excluding tert-OH is 8. The summed E-state index contributed by atoms with van der Waals surface area (Å²) in [5.41, 5.74) is -1.50. The molecule has 0 spiro atoms. The van der Waals surface area contributed by atoms with E-state index in [-0.39, 0.29) is 57.8 Å². The SMILES string of the molecule is CC(=O)C[C@]12[C@@H](C(C)=O)CC(C)(C)C[C@H]1C1=CC[C@@H]3[C@@]4(C)CC[C@H](O[C@@H]5O[C@H](C(=O)O)[C@@H](O)[C@H](O[C@@H]6O[C@@H](C)[C@H](O)[C@@H](O)[C@H]6O)[C@H]5O[C@@H]5O[C@H](CO)[C@@H](O)[C@H](O)[C@H]5O)C(C)(C)[C@@H]4CC[C@@]3(C)[C@]1(C)C[C@@H]2C(C)=O. The van der Waals surface area contributed by atoms with Gasteiger partial charge in [-0.1, -0.05) is 60.1 Å². The highest BCUT2D eigenvalue weighted by atomic mass is 16.8. The number of ether oxygens (including phenoxy) is 6. The van der Waals surface area contributed by atoms with Crippen molar-refractivity contribution >= 4 is 23.3 Å². The predicted molar refractivity (Wildman–Crippen MR) is 256 cm³/mol. The van der Waals surface area contributed by atoms with E-state index >= 15 is 0 Å². The molecule has 0 aromatic carbocycles. The first-order valence-electron chi connectivity index (χ1n) is 26.6. The van der Waals surface area contributed by atoms with Gasteiger partial charge in [-0.25, -0.2) is 4.79 Å². The minimum absolute atomic E-state index is 0.00316. The minimum Gasteiger partial charge on any atom is -0.479 e. The minimum atomic E-state index is -2.09. The number of ketones is 3. The van der Waals surface area contributed by atoms with Crippen molar-refractivity contribution in [2.75, 3.05) is 6.61 Å². The Kier molecular flexibility index (Phi) is 15.4. The molecule has 0 amide bonds. The lowest BCUT2D eigenvalue weighted by Gasteiger charge is -2.73. The molecule has 25 atom stereocenters. The molecule has 5 aliphatic carbocycles. The molecule has 3 saturated heterocycles. The summed E-state index contributed by atoms with van der Waals surface area (Å²) in [6.07, 6.45) is -19.3. The van der Waals surface area contributed by atoms with Gasteiger partial charge in [0.15, 0.2) is 25.0 Å². The number of carboxylic acid groups (broad SMARTS) is 1. The van der Waals surface area contributed by atoms with E-state index in [4.69, 9.17) is 28.4 Å². The van der Waals surface area contributed by atoms with Crippen molar-refractivity contribution in [3.63, 3.8) is 0 Å². The number of fused-ring (bicyclic) bond motifs is 7. The van der Waals surface area contributed by atoms with Crippen LogP contribution >= 0.6 is 0 Å². The monoisotopic (exact) mass is 1040 g/mol. The number of allylic oxidation sites excluding steroid dienone is 2. The van der Waals surface area contributed by atoms with E-state index in [2.05, 4.69) is 54.5 Å². The standard InChI is InChI=1S/C54H84O19/c1-23(56)18-54-28(24(2)57)19-49(5,6)20-30(54)27-12-13-33-51(9)16-15-34(50(7,8)32(51)14-17-52(33,10)53(27,11)21-29(54)25(3)58)70-48-44(73-47-40(64)38(62)36(60)31(22-55)69-47)42(41(65)43(72-48)45(66)67)71-46-39(63)37(61)35(59)26(4)68-46/h12,26,28-44,46-48,55,59-65H,13-22H2,1-11H3,(H,66,67)/t26-,28+,29+,30-,31+,32-,33+,34-,35-,36+,37+,38-,39+,40+,41-,42-,43-,44+,46-,47-,48+,51-,52+,53+,54+/m0/s1. The molecule has 0 bridgehead atoms. The van der Waals surface area contributed by atoms with Crippen LogP contribution in [0.15, 0.2) is 11.6 Å². The first-order valence-corrected chi connectivity index (χ1v) is 26.6. The van der Waals surface area contributed by atoms with Gasteiger partial charge in [0.2, 0.25) is 0 Å². The smallest absolute Gasteiger partial charge is 0.335 e. The van der Waals surface area contributed by atoms with Gasteiger partial charge in [-0.15, -0.1) is 0 Å². The molecular weight excluding hydrogens is 953 g/mol. The third kappa shape index (κ3) is 9.06. The van der Waals surface area contributed by atoms with E-state index in [1.54, 1.807) is 20.8 Å². The third-order valence-corrected chi connectivity index (χ3v) is 20.7. The topological polar surface area (TPSA) is 306 Å². The zero-order valence-electron chi connectivity index (χ0n) is 44.4. The van der Waals surface area contributed by atoms with Gasteiger partial charge >= 0.3 is 5.97 Å². The van der Waals surface area contributed by atoms with Crippen LogP contribution in [0.5, 0.6) is 0 Å². The zero-order chi connectivity index (χ0) is 54.0. The van der Waals surface area contributed by atoms with Gasteiger partial charge in [0.25, 0.3) is 0 Å². The fraction of sp³-hybridized carbons (Fsp3) is 0.889. The summed E-state index contributed by atoms with van der Waals surface area (Å²) < 4.78 is 36.8. The third-order valence-electron chi connectivity index (χ3n) is 20.7. The second-order valence-corrected chi connectivity index (χ2v) is 25.8. The maximum absolute atomic E-state index is 14.3. The second kappa shape index (κ2) is 19.8. The normalized spacial score (nSPS) is 51.3. The van der Waals surface area contributed by atoms with E-state index in [1.807, 2.05) is 0 Å². The summed E-state index contributed by atoms with van der Waals surface area (Å²) in [7, 11) is 0. The Morgan fingerprint density at radius 3 is 1.84 bits per heavy atom. The summed E-state index contributed by atoms with van der Waals surface area (Å²) >= 11 is 0. The first-order chi connectivity index (χ1) is 33.8. The summed E-state index contributed by atoms with van der Waals surface area (Å²) in [5.74, 6) is -2.56. The number of aliphatic carboxylic acids is 1.